The molecule has 102 valence electrons. The first-order valence-electron chi connectivity index (χ1n) is 6.49. The van der Waals surface area contributed by atoms with Crippen molar-refractivity contribution in [2.45, 2.75) is 12.8 Å². The first kappa shape index (κ1) is 13.8. The molecular formula is C16H18N4. The summed E-state index contributed by atoms with van der Waals surface area (Å²) in [6, 6.07) is 18.7. The molecule has 0 aliphatic heterocycles. The van der Waals surface area contributed by atoms with Gasteiger partial charge in [0.2, 0.25) is 5.96 Å². The molecule has 0 saturated carbocycles. The summed E-state index contributed by atoms with van der Waals surface area (Å²) in [6.45, 7) is 0. The number of guanidine groups is 1. The van der Waals surface area contributed by atoms with Gasteiger partial charge in [-0.1, -0.05) is 54.6 Å². The minimum atomic E-state index is -0.0410. The van der Waals surface area contributed by atoms with Gasteiger partial charge in [-0.25, -0.2) is 0 Å². The van der Waals surface area contributed by atoms with Crippen LogP contribution in [0, 0.1) is 0 Å². The molecule has 0 saturated heterocycles. The van der Waals surface area contributed by atoms with Gasteiger partial charge in [-0.15, -0.1) is 5.10 Å². The molecule has 0 amide bonds. The fraction of sp³-hybridized carbons (Fsp3) is 0.125. The van der Waals surface area contributed by atoms with E-state index in [1.807, 2.05) is 18.2 Å². The molecule has 0 aliphatic carbocycles. The second kappa shape index (κ2) is 7.09. The maximum Gasteiger partial charge on any atom is 0.211 e. The van der Waals surface area contributed by atoms with Crippen molar-refractivity contribution in [3.8, 4) is 0 Å². The van der Waals surface area contributed by atoms with Crippen molar-refractivity contribution < 1.29 is 0 Å². The number of hydrogen-bond acceptors (Lipinski definition) is 2. The van der Waals surface area contributed by atoms with Crippen LogP contribution in [-0.2, 0) is 12.8 Å². The minimum Gasteiger partial charge on any atom is -0.369 e. The molecule has 0 radical (unpaired) electrons. The topological polar surface area (TPSA) is 76.8 Å². The number of rotatable bonds is 5. The van der Waals surface area contributed by atoms with Crippen molar-refractivity contribution in [3.05, 3.63) is 71.3 Å². The van der Waals surface area contributed by atoms with Crippen LogP contribution in [0.3, 0.4) is 0 Å². The molecule has 20 heavy (non-hydrogen) atoms. The van der Waals surface area contributed by atoms with Gasteiger partial charge in [0.1, 0.15) is 0 Å². The van der Waals surface area contributed by atoms with Crippen molar-refractivity contribution in [1.29, 1.82) is 0 Å². The molecule has 4 nitrogen and oxygen atoms in total. The monoisotopic (exact) mass is 266 g/mol. The molecule has 0 heterocycles. The number of nitrogens with zero attached hydrogens (tertiary/aromatic N) is 2. The van der Waals surface area contributed by atoms with E-state index in [4.69, 9.17) is 11.5 Å². The zero-order chi connectivity index (χ0) is 14.2. The van der Waals surface area contributed by atoms with Crippen LogP contribution in [0.5, 0.6) is 0 Å². The second-order valence-corrected chi connectivity index (χ2v) is 4.50. The van der Waals surface area contributed by atoms with Crippen LogP contribution in [0.2, 0.25) is 0 Å². The molecule has 0 unspecified atom stereocenters. The van der Waals surface area contributed by atoms with Crippen LogP contribution in [0.4, 0.5) is 0 Å². The number of hydrogen-bond donors (Lipinski definition) is 2. The summed E-state index contributed by atoms with van der Waals surface area (Å²) in [5.41, 5.74) is 14.0. The SMILES string of the molecule is NC(N)=NN=Cc1ccc(CCc2ccccc2)cc1. The summed E-state index contributed by atoms with van der Waals surface area (Å²) in [5.74, 6) is -0.0410. The first-order chi connectivity index (χ1) is 9.74. The Hall–Kier alpha value is -2.62. The van der Waals surface area contributed by atoms with Gasteiger partial charge in [0.15, 0.2) is 0 Å². The largest absolute Gasteiger partial charge is 0.369 e. The summed E-state index contributed by atoms with van der Waals surface area (Å²) >= 11 is 0. The van der Waals surface area contributed by atoms with Crippen molar-refractivity contribution in [2.75, 3.05) is 0 Å². The molecule has 0 aromatic heterocycles. The Morgan fingerprint density at radius 2 is 1.45 bits per heavy atom. The third-order valence-corrected chi connectivity index (χ3v) is 2.90. The van der Waals surface area contributed by atoms with Gasteiger partial charge in [-0.05, 0) is 29.5 Å². The van der Waals surface area contributed by atoms with Gasteiger partial charge >= 0.3 is 0 Å². The van der Waals surface area contributed by atoms with E-state index in [9.17, 15) is 0 Å². The van der Waals surface area contributed by atoms with Gasteiger partial charge in [-0.3, -0.25) is 0 Å². The second-order valence-electron chi connectivity index (χ2n) is 4.50. The average molecular weight is 266 g/mol. The van der Waals surface area contributed by atoms with Gasteiger partial charge < -0.3 is 11.5 Å². The van der Waals surface area contributed by atoms with Crippen LogP contribution in [0.25, 0.3) is 0 Å². The van der Waals surface area contributed by atoms with Crippen LogP contribution < -0.4 is 11.5 Å². The fourth-order valence-corrected chi connectivity index (χ4v) is 1.87. The van der Waals surface area contributed by atoms with Crippen LogP contribution >= 0.6 is 0 Å². The number of aryl methyl sites for hydroxylation is 2. The molecule has 4 N–H and O–H groups in total. The summed E-state index contributed by atoms with van der Waals surface area (Å²) < 4.78 is 0. The Labute approximate surface area is 118 Å². The molecule has 2 aromatic rings. The molecular weight excluding hydrogens is 248 g/mol. The van der Waals surface area contributed by atoms with E-state index in [0.717, 1.165) is 18.4 Å². The van der Waals surface area contributed by atoms with Gasteiger partial charge in [-0.2, -0.15) is 5.10 Å². The molecule has 0 bridgehead atoms. The molecule has 0 atom stereocenters. The Kier molecular flexibility index (Phi) is 4.89. The van der Waals surface area contributed by atoms with Crippen molar-refractivity contribution >= 4 is 12.2 Å². The summed E-state index contributed by atoms with van der Waals surface area (Å²) in [7, 11) is 0. The van der Waals surface area contributed by atoms with Crippen LogP contribution in [-0.4, -0.2) is 12.2 Å². The van der Waals surface area contributed by atoms with Crippen molar-refractivity contribution in [3.63, 3.8) is 0 Å². The van der Waals surface area contributed by atoms with E-state index < -0.39 is 0 Å². The Balaban J connectivity index is 1.92. The lowest BCUT2D eigenvalue weighted by molar-refractivity contribution is 0.960. The minimum absolute atomic E-state index is 0.0410. The molecule has 0 fully saturated rings. The lowest BCUT2D eigenvalue weighted by Crippen LogP contribution is -2.21. The maximum atomic E-state index is 5.19. The lowest BCUT2D eigenvalue weighted by atomic mass is 10.0. The highest BCUT2D eigenvalue weighted by molar-refractivity contribution is 5.81. The highest BCUT2D eigenvalue weighted by Crippen LogP contribution is 2.08. The Bertz CT molecular complexity index is 582. The van der Waals surface area contributed by atoms with E-state index in [0.29, 0.717) is 0 Å². The Morgan fingerprint density at radius 1 is 0.850 bits per heavy atom. The zero-order valence-corrected chi connectivity index (χ0v) is 11.2. The van der Waals surface area contributed by atoms with E-state index in [2.05, 4.69) is 46.6 Å². The molecule has 0 aliphatic rings. The van der Waals surface area contributed by atoms with Gasteiger partial charge in [0, 0.05) is 0 Å². The van der Waals surface area contributed by atoms with E-state index >= 15 is 0 Å². The van der Waals surface area contributed by atoms with Crippen LogP contribution in [0.15, 0.2) is 64.8 Å². The number of nitrogens with two attached hydrogens (primary N) is 2. The highest BCUT2D eigenvalue weighted by atomic mass is 15.3. The zero-order valence-electron chi connectivity index (χ0n) is 11.2. The van der Waals surface area contributed by atoms with E-state index in [-0.39, 0.29) is 5.96 Å². The predicted octanol–water partition coefficient (Wildman–Crippen LogP) is 2.08. The van der Waals surface area contributed by atoms with Crippen molar-refractivity contribution in [2.24, 2.45) is 21.7 Å². The summed E-state index contributed by atoms with van der Waals surface area (Å²) in [5, 5.41) is 7.34. The van der Waals surface area contributed by atoms with E-state index in [1.165, 1.54) is 11.1 Å². The smallest absolute Gasteiger partial charge is 0.211 e. The quantitative estimate of drug-likeness (QED) is 0.494. The fourth-order valence-electron chi connectivity index (χ4n) is 1.87. The third-order valence-electron chi connectivity index (χ3n) is 2.90. The van der Waals surface area contributed by atoms with Crippen LogP contribution in [0.1, 0.15) is 16.7 Å². The lowest BCUT2D eigenvalue weighted by Gasteiger charge is -2.02. The first-order valence-corrected chi connectivity index (χ1v) is 6.49. The predicted molar refractivity (Wildman–Crippen MR) is 83.7 cm³/mol. The van der Waals surface area contributed by atoms with E-state index in [1.54, 1.807) is 6.21 Å². The molecule has 2 rings (SSSR count). The normalized spacial score (nSPS) is 10.6. The number of benzene rings is 2. The molecule has 2 aromatic carbocycles. The molecule has 4 heteroatoms. The van der Waals surface area contributed by atoms with Gasteiger partial charge in [0.05, 0.1) is 6.21 Å². The maximum absolute atomic E-state index is 5.19. The Morgan fingerprint density at radius 3 is 2.05 bits per heavy atom. The summed E-state index contributed by atoms with van der Waals surface area (Å²) in [4.78, 5) is 0. The summed E-state index contributed by atoms with van der Waals surface area (Å²) in [6.07, 6.45) is 3.69. The average Bonchev–Trinajstić information content (AvgIpc) is 2.47. The molecule has 0 spiro atoms. The third kappa shape index (κ3) is 4.57. The standard InChI is InChI=1S/C16H18N4/c17-16(18)20-19-12-15-10-8-14(9-11-15)7-6-13-4-2-1-3-5-13/h1-5,8-12H,6-7H2,(H4,17,18,20). The van der Waals surface area contributed by atoms with Gasteiger partial charge in [0.25, 0.3) is 0 Å². The van der Waals surface area contributed by atoms with Crippen molar-refractivity contribution in [1.82, 2.24) is 0 Å². The highest BCUT2D eigenvalue weighted by Gasteiger charge is 1.95.